The van der Waals surface area contributed by atoms with Crippen LogP contribution in [0, 0.1) is 0 Å². The van der Waals surface area contributed by atoms with Gasteiger partial charge in [-0.05, 0) is 53.9 Å². The lowest BCUT2D eigenvalue weighted by Crippen LogP contribution is -2.53. The van der Waals surface area contributed by atoms with Crippen molar-refractivity contribution in [3.05, 3.63) is 124 Å². The third-order valence-corrected chi connectivity index (χ3v) is 9.78. The van der Waals surface area contributed by atoms with Crippen LogP contribution < -0.4 is 14.4 Å². The zero-order chi connectivity index (χ0) is 33.1. The van der Waals surface area contributed by atoms with E-state index >= 15 is 0 Å². The summed E-state index contributed by atoms with van der Waals surface area (Å²) in [6, 6.07) is 27.7. The molecule has 2 amide bonds. The molecule has 0 aliphatic rings. The van der Waals surface area contributed by atoms with Crippen molar-refractivity contribution in [1.29, 1.82) is 0 Å². The fourth-order valence-electron chi connectivity index (χ4n) is 4.96. The van der Waals surface area contributed by atoms with Gasteiger partial charge in [-0.25, -0.2) is 8.42 Å². The maximum absolute atomic E-state index is 14.6. The Hall–Kier alpha value is -4.05. The molecule has 4 aromatic rings. The SMILES string of the molecule is CCCCNC(=O)C(Cc1ccccc1)N(Cc1ccc(Cl)cc1Cl)C(=O)CN(c1ccccc1OC)S(=O)(=O)c1ccccc1. The lowest BCUT2D eigenvalue weighted by Gasteiger charge is -2.34. The summed E-state index contributed by atoms with van der Waals surface area (Å²) < 4.78 is 34.9. The van der Waals surface area contributed by atoms with Crippen molar-refractivity contribution >= 4 is 50.7 Å². The summed E-state index contributed by atoms with van der Waals surface area (Å²) in [6.07, 6.45) is 1.82. The van der Waals surface area contributed by atoms with E-state index in [0.717, 1.165) is 22.7 Å². The molecule has 46 heavy (non-hydrogen) atoms. The van der Waals surface area contributed by atoms with Gasteiger partial charge in [0.15, 0.2) is 0 Å². The van der Waals surface area contributed by atoms with Gasteiger partial charge in [-0.1, -0.05) is 103 Å². The van der Waals surface area contributed by atoms with Gasteiger partial charge >= 0.3 is 0 Å². The van der Waals surface area contributed by atoms with Crippen LogP contribution in [0.4, 0.5) is 5.69 Å². The lowest BCUT2D eigenvalue weighted by atomic mass is 10.0. The van der Waals surface area contributed by atoms with Crippen molar-refractivity contribution in [2.24, 2.45) is 0 Å². The molecule has 0 heterocycles. The Kier molecular flexibility index (Phi) is 12.5. The van der Waals surface area contributed by atoms with Crippen molar-refractivity contribution in [1.82, 2.24) is 10.2 Å². The van der Waals surface area contributed by atoms with Crippen LogP contribution in [-0.4, -0.2) is 51.4 Å². The average molecular weight is 683 g/mol. The zero-order valence-electron chi connectivity index (χ0n) is 25.7. The molecule has 8 nitrogen and oxygen atoms in total. The largest absolute Gasteiger partial charge is 0.495 e. The minimum Gasteiger partial charge on any atom is -0.495 e. The number of anilines is 1. The number of para-hydroxylation sites is 2. The number of methoxy groups -OCH3 is 1. The maximum Gasteiger partial charge on any atom is 0.264 e. The van der Waals surface area contributed by atoms with E-state index in [1.165, 1.54) is 24.1 Å². The molecule has 11 heteroatoms. The van der Waals surface area contributed by atoms with E-state index in [1.807, 2.05) is 37.3 Å². The molecule has 0 aliphatic heterocycles. The number of carbonyl (C=O) groups is 2. The van der Waals surface area contributed by atoms with Crippen molar-refractivity contribution in [2.75, 3.05) is 24.5 Å². The quantitative estimate of drug-likeness (QED) is 0.140. The lowest BCUT2D eigenvalue weighted by molar-refractivity contribution is -0.140. The first kappa shape index (κ1) is 34.8. The van der Waals surface area contributed by atoms with Crippen LogP contribution in [0.25, 0.3) is 0 Å². The molecule has 4 rings (SSSR count). The second-order valence-electron chi connectivity index (χ2n) is 10.6. The number of unbranched alkanes of at least 4 members (excludes halogenated alkanes) is 1. The number of carbonyl (C=O) groups excluding carboxylic acids is 2. The number of ether oxygens (including phenoxy) is 1. The molecular weight excluding hydrogens is 645 g/mol. The molecule has 0 saturated carbocycles. The van der Waals surface area contributed by atoms with Gasteiger partial charge in [0.1, 0.15) is 18.3 Å². The molecule has 0 fully saturated rings. The Morgan fingerprint density at radius 3 is 2.20 bits per heavy atom. The highest BCUT2D eigenvalue weighted by molar-refractivity contribution is 7.92. The molecule has 0 spiro atoms. The highest BCUT2D eigenvalue weighted by Crippen LogP contribution is 2.33. The maximum atomic E-state index is 14.6. The summed E-state index contributed by atoms with van der Waals surface area (Å²) in [5.74, 6) is -0.700. The standard InChI is InChI=1S/C35H37Cl2N3O5S/c1-3-4-21-38-35(42)32(22-26-13-7-5-8-14-26)39(24-27-19-20-28(36)23-30(27)37)34(41)25-40(31-17-11-12-18-33(31)45-2)46(43,44)29-15-9-6-10-16-29/h5-20,23,32H,3-4,21-22,24-25H2,1-2H3,(H,38,42). The van der Waals surface area contributed by atoms with Crippen LogP contribution in [0.1, 0.15) is 30.9 Å². The summed E-state index contributed by atoms with van der Waals surface area (Å²) in [5.41, 5.74) is 1.56. The molecule has 0 aromatic heterocycles. The predicted molar refractivity (Wildman–Crippen MR) is 183 cm³/mol. The van der Waals surface area contributed by atoms with Crippen LogP contribution in [0.15, 0.2) is 108 Å². The van der Waals surface area contributed by atoms with E-state index in [9.17, 15) is 18.0 Å². The summed E-state index contributed by atoms with van der Waals surface area (Å²) in [6.45, 7) is 1.76. The number of nitrogens with zero attached hydrogens (tertiary/aromatic N) is 2. The first-order chi connectivity index (χ1) is 22.1. The van der Waals surface area contributed by atoms with Crippen LogP contribution in [0.5, 0.6) is 5.75 Å². The first-order valence-electron chi connectivity index (χ1n) is 14.9. The van der Waals surface area contributed by atoms with Gasteiger partial charge in [0, 0.05) is 29.6 Å². The van der Waals surface area contributed by atoms with Crippen LogP contribution in [0.2, 0.25) is 10.0 Å². The number of halogens is 2. The second-order valence-corrected chi connectivity index (χ2v) is 13.3. The Bertz CT molecular complexity index is 1720. The van der Waals surface area contributed by atoms with Gasteiger partial charge in [-0.2, -0.15) is 0 Å². The zero-order valence-corrected chi connectivity index (χ0v) is 28.1. The first-order valence-corrected chi connectivity index (χ1v) is 17.1. The van der Waals surface area contributed by atoms with E-state index in [0.29, 0.717) is 22.2 Å². The highest BCUT2D eigenvalue weighted by Gasteiger charge is 2.35. The molecule has 4 aromatic carbocycles. The van der Waals surface area contributed by atoms with Crippen molar-refractivity contribution in [3.63, 3.8) is 0 Å². The Morgan fingerprint density at radius 1 is 0.891 bits per heavy atom. The summed E-state index contributed by atoms with van der Waals surface area (Å²) in [7, 11) is -2.83. The summed E-state index contributed by atoms with van der Waals surface area (Å²) in [4.78, 5) is 29.8. The van der Waals surface area contributed by atoms with E-state index < -0.39 is 28.5 Å². The number of hydrogen-bond donors (Lipinski definition) is 1. The number of nitrogens with one attached hydrogen (secondary N) is 1. The number of hydrogen-bond acceptors (Lipinski definition) is 5. The molecule has 1 N–H and O–H groups in total. The average Bonchev–Trinajstić information content (AvgIpc) is 3.06. The van der Waals surface area contributed by atoms with E-state index in [1.54, 1.807) is 60.7 Å². The summed E-state index contributed by atoms with van der Waals surface area (Å²) in [5, 5.41) is 3.70. The predicted octanol–water partition coefficient (Wildman–Crippen LogP) is 6.75. The molecule has 0 radical (unpaired) electrons. The minimum atomic E-state index is -4.26. The highest BCUT2D eigenvalue weighted by atomic mass is 35.5. The molecule has 0 aliphatic carbocycles. The molecule has 0 saturated heterocycles. The van der Waals surface area contributed by atoms with Crippen molar-refractivity contribution in [3.8, 4) is 5.75 Å². The summed E-state index contributed by atoms with van der Waals surface area (Å²) >= 11 is 12.7. The Morgan fingerprint density at radius 2 is 1.54 bits per heavy atom. The van der Waals surface area contributed by atoms with Gasteiger partial charge in [0.25, 0.3) is 10.0 Å². The van der Waals surface area contributed by atoms with E-state index in [4.69, 9.17) is 27.9 Å². The Labute approximate surface area is 280 Å². The smallest absolute Gasteiger partial charge is 0.264 e. The monoisotopic (exact) mass is 681 g/mol. The van der Waals surface area contributed by atoms with E-state index in [-0.39, 0.29) is 35.2 Å². The minimum absolute atomic E-state index is 0.000791. The van der Waals surface area contributed by atoms with Crippen LogP contribution in [0.3, 0.4) is 0 Å². The topological polar surface area (TPSA) is 96.0 Å². The van der Waals surface area contributed by atoms with Gasteiger partial charge in [-0.3, -0.25) is 13.9 Å². The normalized spacial score (nSPS) is 11.8. The Balaban J connectivity index is 1.83. The third-order valence-electron chi connectivity index (χ3n) is 7.42. The van der Waals surface area contributed by atoms with Gasteiger partial charge in [0.2, 0.25) is 11.8 Å². The van der Waals surface area contributed by atoms with Crippen LogP contribution in [-0.2, 0) is 32.6 Å². The fourth-order valence-corrected chi connectivity index (χ4v) is 6.88. The van der Waals surface area contributed by atoms with E-state index in [2.05, 4.69) is 5.32 Å². The van der Waals surface area contributed by atoms with Crippen molar-refractivity contribution < 1.29 is 22.7 Å². The fraction of sp³-hybridized carbons (Fsp3) is 0.257. The van der Waals surface area contributed by atoms with Gasteiger partial charge in [0.05, 0.1) is 17.7 Å². The number of rotatable bonds is 15. The third kappa shape index (κ3) is 8.81. The number of amides is 2. The molecular formula is C35H37Cl2N3O5S. The number of benzene rings is 4. The van der Waals surface area contributed by atoms with Gasteiger partial charge < -0.3 is 15.0 Å². The van der Waals surface area contributed by atoms with Crippen molar-refractivity contribution in [2.45, 2.75) is 43.7 Å². The molecule has 1 unspecified atom stereocenters. The molecule has 1 atom stereocenters. The molecule has 0 bridgehead atoms. The number of sulfonamides is 1. The molecule has 242 valence electrons. The van der Waals surface area contributed by atoms with Crippen LogP contribution >= 0.6 is 23.2 Å². The van der Waals surface area contributed by atoms with Gasteiger partial charge in [-0.15, -0.1) is 0 Å². The second kappa shape index (κ2) is 16.5.